The van der Waals surface area contributed by atoms with Crippen LogP contribution in [0.25, 0.3) is 12.2 Å². The summed E-state index contributed by atoms with van der Waals surface area (Å²) in [4.78, 5) is 38.9. The number of hydrogen-bond donors (Lipinski definition) is 1. The molecule has 0 amide bonds. The van der Waals surface area contributed by atoms with Crippen molar-refractivity contribution in [2.24, 2.45) is 0 Å². The molecular formula is C53H64O17. The Balaban J connectivity index is 0.000000236. The number of methoxy groups -OCH3 is 4. The third-order valence-electron chi connectivity index (χ3n) is 11.1. The van der Waals surface area contributed by atoms with E-state index >= 15 is 0 Å². The minimum absolute atomic E-state index is 0.0265. The monoisotopic (exact) mass is 972 g/mol. The number of benzene rings is 3. The molecule has 17 heteroatoms. The molecule has 0 radical (unpaired) electrons. The molecule has 4 heterocycles. The molecule has 3 aromatic carbocycles. The number of ether oxygens (including phenoxy) is 13. The van der Waals surface area contributed by atoms with Crippen LogP contribution in [-0.2, 0) is 42.6 Å². The smallest absolute Gasteiger partial charge is 0.342 e. The highest BCUT2D eigenvalue weighted by Crippen LogP contribution is 2.37. The van der Waals surface area contributed by atoms with Gasteiger partial charge < -0.3 is 66.7 Å². The van der Waals surface area contributed by atoms with Gasteiger partial charge in [0.05, 0.1) is 45.2 Å². The van der Waals surface area contributed by atoms with E-state index in [1.54, 1.807) is 85.0 Å². The van der Waals surface area contributed by atoms with Crippen LogP contribution in [0.1, 0.15) is 95.6 Å². The van der Waals surface area contributed by atoms with E-state index in [9.17, 15) is 19.5 Å². The lowest BCUT2D eigenvalue weighted by molar-refractivity contribution is -0.153. The molecule has 378 valence electrons. The number of aliphatic hydroxyl groups is 1. The van der Waals surface area contributed by atoms with Crippen molar-refractivity contribution in [2.75, 3.05) is 55.2 Å². The van der Waals surface area contributed by atoms with E-state index < -0.39 is 60.0 Å². The topological polar surface area (TPSA) is 191 Å². The number of fused-ring (bicyclic) bond motifs is 4. The van der Waals surface area contributed by atoms with Gasteiger partial charge in [-0.2, -0.15) is 0 Å². The van der Waals surface area contributed by atoms with Crippen molar-refractivity contribution in [1.29, 1.82) is 0 Å². The standard InChI is InChI=1S/C30H34O9.C23H30O8/c1-30(2)38-24-15-10-13-21-17-22(34-4)18-25(36-19-33-3)26(21)29(32)35-16-9-8-14-23(27(24)39-30)37-28(31)20-11-6-5-7-12-20;1-23(2)30-18-10-7-8-15-12-16(27-4)13-19(29-14-26-3)20(15)22(25)28-11-6-5-9-17(24)21(18)31-23/h5-8,10-14,17-18,23-24,27H,9,15-16,19H2,1-4H3;5,7-9,12-13,17-18,21,24H,6,10-11,14H2,1-4H3/b13-10+,14-8-;8-7+,9-5-/t23?,24-,27?;17?,18-,21?/m00/s1. The molecule has 2 fully saturated rings. The highest BCUT2D eigenvalue weighted by atomic mass is 16.8. The predicted octanol–water partition coefficient (Wildman–Crippen LogP) is 8.02. The van der Waals surface area contributed by atoms with Crippen molar-refractivity contribution < 1.29 is 81.1 Å². The van der Waals surface area contributed by atoms with Gasteiger partial charge in [0.15, 0.2) is 25.2 Å². The zero-order valence-corrected chi connectivity index (χ0v) is 40.9. The van der Waals surface area contributed by atoms with Crippen molar-refractivity contribution in [1.82, 2.24) is 0 Å². The minimum Gasteiger partial charge on any atom is -0.497 e. The van der Waals surface area contributed by atoms with Crippen molar-refractivity contribution in [3.8, 4) is 23.0 Å². The largest absolute Gasteiger partial charge is 0.497 e. The summed E-state index contributed by atoms with van der Waals surface area (Å²) < 4.78 is 73.3. The first-order valence-electron chi connectivity index (χ1n) is 23.0. The zero-order chi connectivity index (χ0) is 50.3. The Morgan fingerprint density at radius 3 is 1.63 bits per heavy atom. The van der Waals surface area contributed by atoms with Crippen molar-refractivity contribution in [2.45, 2.75) is 102 Å². The van der Waals surface area contributed by atoms with Crippen LogP contribution in [0.4, 0.5) is 0 Å². The van der Waals surface area contributed by atoms with Gasteiger partial charge >= 0.3 is 17.9 Å². The molecule has 7 rings (SSSR count). The quantitative estimate of drug-likeness (QED) is 0.0888. The van der Waals surface area contributed by atoms with Crippen LogP contribution in [-0.4, -0.2) is 126 Å². The van der Waals surface area contributed by atoms with E-state index in [1.807, 2.05) is 45.9 Å². The van der Waals surface area contributed by atoms with Crippen molar-refractivity contribution in [3.05, 3.63) is 119 Å². The Bertz CT molecular complexity index is 2350. The Hall–Kier alpha value is -6.05. The second-order valence-electron chi connectivity index (χ2n) is 17.3. The summed E-state index contributed by atoms with van der Waals surface area (Å²) in [5.41, 5.74) is 2.12. The molecule has 4 unspecified atom stereocenters. The third kappa shape index (κ3) is 14.5. The molecule has 4 aliphatic heterocycles. The first kappa shape index (κ1) is 53.3. The summed E-state index contributed by atoms with van der Waals surface area (Å²) in [6, 6.07) is 15.5. The molecule has 1 N–H and O–H groups in total. The summed E-state index contributed by atoms with van der Waals surface area (Å²) in [6.45, 7) is 7.46. The highest BCUT2D eigenvalue weighted by Gasteiger charge is 2.46. The number of hydrogen-bond acceptors (Lipinski definition) is 17. The Kier molecular flexibility index (Phi) is 19.2. The summed E-state index contributed by atoms with van der Waals surface area (Å²) in [5, 5.41) is 10.5. The van der Waals surface area contributed by atoms with Crippen LogP contribution in [0.3, 0.4) is 0 Å². The lowest BCUT2D eigenvalue weighted by atomic mass is 10.0. The SMILES string of the molecule is COCOc1cc(OC)cc2c1C(=O)OCC/C=C\C(O)C1OC(C)(C)O[C@H]1C/C=C/2.COCOc1cc(OC)cc2c1C(=O)OCC/C=C\C(OC(=O)c1ccccc1)C1OC(C)(C)O[C@H]1C/C=C/2. The van der Waals surface area contributed by atoms with Crippen LogP contribution < -0.4 is 18.9 Å². The molecule has 0 spiro atoms. The van der Waals surface area contributed by atoms with Crippen LogP contribution >= 0.6 is 0 Å². The molecule has 4 aliphatic rings. The average molecular weight is 973 g/mol. The zero-order valence-electron chi connectivity index (χ0n) is 40.9. The molecule has 3 aromatic rings. The molecule has 0 saturated carbocycles. The summed E-state index contributed by atoms with van der Waals surface area (Å²) in [7, 11) is 6.07. The lowest BCUT2D eigenvalue weighted by Crippen LogP contribution is -2.37. The fourth-order valence-electron chi connectivity index (χ4n) is 8.09. The maximum atomic E-state index is 13.1. The second kappa shape index (κ2) is 25.2. The first-order valence-corrected chi connectivity index (χ1v) is 23.0. The van der Waals surface area contributed by atoms with Gasteiger partial charge in [0.25, 0.3) is 0 Å². The molecule has 0 bridgehead atoms. The second-order valence-corrected chi connectivity index (χ2v) is 17.3. The van der Waals surface area contributed by atoms with Crippen LogP contribution in [0.5, 0.6) is 23.0 Å². The predicted molar refractivity (Wildman–Crippen MR) is 256 cm³/mol. The van der Waals surface area contributed by atoms with Crippen molar-refractivity contribution in [3.63, 3.8) is 0 Å². The van der Waals surface area contributed by atoms with Crippen LogP contribution in [0.15, 0.2) is 91.1 Å². The average Bonchev–Trinajstić information content (AvgIpc) is 3.83. The summed E-state index contributed by atoms with van der Waals surface area (Å²) in [6.07, 6.45) is 12.6. The molecule has 0 aromatic heterocycles. The van der Waals surface area contributed by atoms with E-state index in [4.69, 9.17) is 61.6 Å². The van der Waals surface area contributed by atoms with Gasteiger partial charge in [-0.15, -0.1) is 0 Å². The van der Waals surface area contributed by atoms with E-state index in [1.165, 1.54) is 28.4 Å². The molecular weight excluding hydrogens is 909 g/mol. The maximum Gasteiger partial charge on any atom is 0.342 e. The Morgan fingerprint density at radius 1 is 0.643 bits per heavy atom. The van der Waals surface area contributed by atoms with E-state index in [0.29, 0.717) is 59.6 Å². The molecule has 6 atom stereocenters. The Labute approximate surface area is 408 Å². The van der Waals surface area contributed by atoms with E-state index in [-0.39, 0.29) is 49.8 Å². The fourth-order valence-corrected chi connectivity index (χ4v) is 8.09. The number of aliphatic hydroxyl groups excluding tert-OH is 1. The van der Waals surface area contributed by atoms with Gasteiger partial charge in [0.2, 0.25) is 0 Å². The fraction of sp³-hybridized carbons (Fsp3) is 0.453. The van der Waals surface area contributed by atoms with Gasteiger partial charge in [-0.3, -0.25) is 0 Å². The van der Waals surface area contributed by atoms with Gasteiger partial charge in [-0.05, 0) is 94.8 Å². The number of esters is 3. The minimum atomic E-state index is -0.885. The molecule has 0 aliphatic carbocycles. The van der Waals surface area contributed by atoms with Gasteiger partial charge in [-0.1, -0.05) is 60.7 Å². The molecule has 17 nitrogen and oxygen atoms in total. The third-order valence-corrected chi connectivity index (χ3v) is 11.1. The summed E-state index contributed by atoms with van der Waals surface area (Å²) >= 11 is 0. The first-order chi connectivity index (χ1) is 33.6. The van der Waals surface area contributed by atoms with Gasteiger partial charge in [-0.25, -0.2) is 14.4 Å². The number of carbonyl (C=O) groups excluding carboxylic acids is 3. The lowest BCUT2D eigenvalue weighted by Gasteiger charge is -2.24. The van der Waals surface area contributed by atoms with Crippen molar-refractivity contribution >= 4 is 30.1 Å². The van der Waals surface area contributed by atoms with Gasteiger partial charge in [0.1, 0.15) is 58.5 Å². The molecule has 2 saturated heterocycles. The molecule has 70 heavy (non-hydrogen) atoms. The summed E-state index contributed by atoms with van der Waals surface area (Å²) in [5.74, 6) is -1.57. The van der Waals surface area contributed by atoms with Gasteiger partial charge in [0, 0.05) is 26.4 Å². The normalized spacial score (nSPS) is 25.9. The Morgan fingerprint density at radius 2 is 1.13 bits per heavy atom. The van der Waals surface area contributed by atoms with E-state index in [0.717, 1.165) is 0 Å². The number of rotatable bonds is 10. The number of cyclic esters (lactones) is 2. The number of carbonyl (C=O) groups is 3. The highest BCUT2D eigenvalue weighted by molar-refractivity contribution is 5.98. The van der Waals surface area contributed by atoms with E-state index in [2.05, 4.69) is 0 Å². The maximum absolute atomic E-state index is 13.1. The van der Waals surface area contributed by atoms with Crippen LogP contribution in [0, 0.1) is 0 Å². The van der Waals surface area contributed by atoms with Crippen LogP contribution in [0.2, 0.25) is 0 Å².